The molecule has 0 saturated carbocycles. The first-order valence-electron chi connectivity index (χ1n) is 11.5. The molecule has 5 rings (SSSR count). The van der Waals surface area contributed by atoms with Crippen molar-refractivity contribution in [3.8, 4) is 45.6 Å². The topological polar surface area (TPSA) is 127 Å². The van der Waals surface area contributed by atoms with E-state index in [2.05, 4.69) is 0 Å². The maximum atomic E-state index is 13.9. The molecule has 0 aliphatic heterocycles. The molecule has 40 heavy (non-hydrogen) atoms. The van der Waals surface area contributed by atoms with Crippen LogP contribution >= 0.6 is 58.0 Å². The van der Waals surface area contributed by atoms with E-state index in [1.54, 1.807) is 20.8 Å². The number of phenols is 5. The van der Waals surface area contributed by atoms with Gasteiger partial charge in [-0.15, -0.1) is 0 Å². The first-order valence-corrected chi connectivity index (χ1v) is 13.4. The lowest BCUT2D eigenvalue weighted by Gasteiger charge is -2.36. The Morgan fingerprint density at radius 2 is 1.32 bits per heavy atom. The summed E-state index contributed by atoms with van der Waals surface area (Å²) in [6, 6.07) is 2.77. The standard InChI is InChI=1S/C28H19Cl5O7/c1-7-12(27(40-4)21(33)25(38)17(7)29)8-6-11(34)18(30)9-5-10-14(22(35)13(8)9)23(36)15-16(28(10,2)3)19(31)26(39)20(32)24(15)37/h5-6,34-35,37-39H,1-4H3. The molecule has 0 heterocycles. The van der Waals surface area contributed by atoms with Crippen molar-refractivity contribution in [2.24, 2.45) is 0 Å². The zero-order valence-electron chi connectivity index (χ0n) is 21.1. The molecule has 0 spiro atoms. The third-order valence-electron chi connectivity index (χ3n) is 7.42. The van der Waals surface area contributed by atoms with Gasteiger partial charge in [0, 0.05) is 27.3 Å². The average Bonchev–Trinajstić information content (AvgIpc) is 2.90. The van der Waals surface area contributed by atoms with Crippen molar-refractivity contribution in [1.29, 1.82) is 0 Å². The number of phenolic OH excluding ortho intramolecular Hbond substituents is 5. The second kappa shape index (κ2) is 9.29. The summed E-state index contributed by atoms with van der Waals surface area (Å²) in [6.07, 6.45) is 0. The predicted molar refractivity (Wildman–Crippen MR) is 156 cm³/mol. The van der Waals surface area contributed by atoms with E-state index < -0.39 is 39.2 Å². The minimum atomic E-state index is -1.19. The highest BCUT2D eigenvalue weighted by Gasteiger charge is 2.45. The van der Waals surface area contributed by atoms with Gasteiger partial charge in [-0.2, -0.15) is 0 Å². The number of rotatable bonds is 2. The molecule has 0 bridgehead atoms. The molecule has 0 unspecified atom stereocenters. The molecule has 0 aromatic heterocycles. The van der Waals surface area contributed by atoms with Crippen molar-refractivity contribution in [1.82, 2.24) is 0 Å². The molecule has 208 valence electrons. The molecule has 4 aromatic carbocycles. The van der Waals surface area contributed by atoms with Crippen LogP contribution in [0.5, 0.6) is 34.5 Å². The molecule has 0 amide bonds. The number of fused-ring (bicyclic) bond motifs is 3. The molecule has 0 atom stereocenters. The second-order valence-electron chi connectivity index (χ2n) is 9.87. The molecule has 7 nitrogen and oxygen atoms in total. The summed E-state index contributed by atoms with van der Waals surface area (Å²) in [5.74, 6) is -3.45. The van der Waals surface area contributed by atoms with Crippen molar-refractivity contribution < 1.29 is 35.1 Å². The van der Waals surface area contributed by atoms with Crippen molar-refractivity contribution in [2.75, 3.05) is 7.11 Å². The maximum Gasteiger partial charge on any atom is 0.201 e. The Morgan fingerprint density at radius 1 is 0.725 bits per heavy atom. The van der Waals surface area contributed by atoms with E-state index in [4.69, 9.17) is 62.7 Å². The summed E-state index contributed by atoms with van der Waals surface area (Å²) in [4.78, 5) is 13.9. The number of ketones is 1. The number of aromatic hydroxyl groups is 5. The van der Waals surface area contributed by atoms with E-state index in [9.17, 15) is 30.3 Å². The molecule has 0 saturated heterocycles. The minimum Gasteiger partial charge on any atom is -0.506 e. The van der Waals surface area contributed by atoms with Crippen LogP contribution in [0.3, 0.4) is 0 Å². The molecule has 4 aromatic rings. The maximum absolute atomic E-state index is 13.9. The summed E-state index contributed by atoms with van der Waals surface area (Å²) < 4.78 is 5.47. The number of hydrogen-bond donors (Lipinski definition) is 5. The summed E-state index contributed by atoms with van der Waals surface area (Å²) in [5.41, 5.74) is -0.664. The fourth-order valence-electron chi connectivity index (χ4n) is 5.46. The zero-order chi connectivity index (χ0) is 29.7. The van der Waals surface area contributed by atoms with Crippen molar-refractivity contribution >= 4 is 74.6 Å². The monoisotopic (exact) mass is 642 g/mol. The molecule has 1 aliphatic carbocycles. The molecule has 5 N–H and O–H groups in total. The molecular weight excluding hydrogens is 626 g/mol. The molecular formula is C28H19Cl5O7. The minimum absolute atomic E-state index is 0.00936. The third-order valence-corrected chi connectivity index (χ3v) is 9.35. The van der Waals surface area contributed by atoms with Gasteiger partial charge in [-0.05, 0) is 35.7 Å². The van der Waals surface area contributed by atoms with Gasteiger partial charge in [-0.1, -0.05) is 71.9 Å². The Morgan fingerprint density at radius 3 is 1.93 bits per heavy atom. The van der Waals surface area contributed by atoms with Gasteiger partial charge in [0.2, 0.25) is 5.78 Å². The quantitative estimate of drug-likeness (QED) is 0.148. The van der Waals surface area contributed by atoms with Crippen LogP contribution in [0.1, 0.15) is 46.5 Å². The van der Waals surface area contributed by atoms with E-state index in [1.165, 1.54) is 19.2 Å². The second-order valence-corrected chi connectivity index (χ2v) is 11.8. The van der Waals surface area contributed by atoms with Gasteiger partial charge in [0.15, 0.2) is 11.5 Å². The van der Waals surface area contributed by atoms with Crippen LogP contribution in [0.4, 0.5) is 0 Å². The summed E-state index contributed by atoms with van der Waals surface area (Å²) in [6.45, 7) is 4.92. The van der Waals surface area contributed by atoms with Gasteiger partial charge >= 0.3 is 0 Å². The number of hydrogen-bond acceptors (Lipinski definition) is 7. The van der Waals surface area contributed by atoms with Gasteiger partial charge in [0.05, 0.1) is 33.3 Å². The highest BCUT2D eigenvalue weighted by Crippen LogP contribution is 2.58. The lowest BCUT2D eigenvalue weighted by Crippen LogP contribution is -2.31. The number of halogens is 5. The van der Waals surface area contributed by atoms with E-state index in [0.717, 1.165) is 0 Å². The van der Waals surface area contributed by atoms with Crippen LogP contribution in [0.25, 0.3) is 21.9 Å². The molecule has 0 fully saturated rings. The predicted octanol–water partition coefficient (Wildman–Crippen LogP) is 8.49. The van der Waals surface area contributed by atoms with E-state index >= 15 is 0 Å². The number of methoxy groups -OCH3 is 1. The smallest absolute Gasteiger partial charge is 0.201 e. The first kappa shape index (κ1) is 28.6. The number of carbonyl (C=O) groups is 1. The van der Waals surface area contributed by atoms with Crippen LogP contribution in [0.2, 0.25) is 25.1 Å². The van der Waals surface area contributed by atoms with E-state index in [1.807, 2.05) is 0 Å². The highest BCUT2D eigenvalue weighted by atomic mass is 35.5. The number of benzene rings is 4. The molecule has 1 aliphatic rings. The SMILES string of the molecule is COc1c(Cl)c(O)c(Cl)c(C)c1-c1cc(O)c(Cl)c2cc3c(c(O)c12)C(=O)c1c(O)c(Cl)c(O)c(Cl)c1C3(C)C. The fraction of sp³-hybridized carbons (Fsp3) is 0.179. The van der Waals surface area contributed by atoms with E-state index in [0.29, 0.717) is 5.56 Å². The van der Waals surface area contributed by atoms with Crippen molar-refractivity contribution in [3.63, 3.8) is 0 Å². The fourth-order valence-corrected chi connectivity index (χ4v) is 6.83. The van der Waals surface area contributed by atoms with Gasteiger partial charge in [-0.25, -0.2) is 0 Å². The summed E-state index contributed by atoms with van der Waals surface area (Å²) in [7, 11) is 1.31. The van der Waals surface area contributed by atoms with Gasteiger partial charge < -0.3 is 30.3 Å². The normalized spacial score (nSPS) is 13.9. The lowest BCUT2D eigenvalue weighted by molar-refractivity contribution is 0.102. The Kier molecular flexibility index (Phi) is 6.64. The first-order chi connectivity index (χ1) is 18.6. The van der Waals surface area contributed by atoms with E-state index in [-0.39, 0.29) is 75.7 Å². The number of carbonyl (C=O) groups excluding carboxylic acids is 1. The third kappa shape index (κ3) is 3.55. The lowest BCUT2D eigenvalue weighted by atomic mass is 9.67. The Bertz CT molecular complexity index is 1850. The summed E-state index contributed by atoms with van der Waals surface area (Å²) in [5, 5.41) is 53.3. The Labute approximate surface area is 252 Å². The van der Waals surface area contributed by atoms with Crippen LogP contribution in [0.15, 0.2) is 12.1 Å². The van der Waals surface area contributed by atoms with Crippen molar-refractivity contribution in [3.05, 3.63) is 65.1 Å². The van der Waals surface area contributed by atoms with Gasteiger partial charge in [-0.3, -0.25) is 4.79 Å². The van der Waals surface area contributed by atoms with Crippen LogP contribution in [0, 0.1) is 6.92 Å². The van der Waals surface area contributed by atoms with Crippen LogP contribution < -0.4 is 4.74 Å². The summed E-state index contributed by atoms with van der Waals surface area (Å²) >= 11 is 31.7. The van der Waals surface area contributed by atoms with Gasteiger partial charge in [0.1, 0.15) is 33.0 Å². The molecule has 0 radical (unpaired) electrons. The Hall–Kier alpha value is -2.94. The van der Waals surface area contributed by atoms with Gasteiger partial charge in [0.25, 0.3) is 0 Å². The Balaban J connectivity index is 2.01. The average molecular weight is 645 g/mol. The number of ether oxygens (including phenoxy) is 1. The van der Waals surface area contributed by atoms with Crippen LogP contribution in [-0.4, -0.2) is 38.4 Å². The zero-order valence-corrected chi connectivity index (χ0v) is 24.9. The molecule has 12 heteroatoms. The highest BCUT2D eigenvalue weighted by molar-refractivity contribution is 6.42. The largest absolute Gasteiger partial charge is 0.506 e. The van der Waals surface area contributed by atoms with Crippen molar-refractivity contribution in [2.45, 2.75) is 26.2 Å². The van der Waals surface area contributed by atoms with Crippen LogP contribution in [-0.2, 0) is 5.41 Å².